The lowest BCUT2D eigenvalue weighted by Crippen LogP contribution is -2.41. The van der Waals surface area contributed by atoms with Gasteiger partial charge in [0.05, 0.1) is 36.6 Å². The molecule has 2 atom stereocenters. The van der Waals surface area contributed by atoms with Gasteiger partial charge in [-0.2, -0.15) is 10.2 Å². The molecule has 1 unspecified atom stereocenters. The van der Waals surface area contributed by atoms with Crippen molar-refractivity contribution in [2.45, 2.75) is 16.8 Å². The molecule has 6 heterocycles. The van der Waals surface area contributed by atoms with Gasteiger partial charge in [0.15, 0.2) is 0 Å². The summed E-state index contributed by atoms with van der Waals surface area (Å²) in [4.78, 5) is 22.8. The third-order valence-electron chi connectivity index (χ3n) is 5.82. The lowest BCUT2D eigenvalue weighted by Gasteiger charge is -2.32. The van der Waals surface area contributed by atoms with Crippen molar-refractivity contribution in [3.8, 4) is 17.2 Å². The highest BCUT2D eigenvalue weighted by Crippen LogP contribution is 2.35. The van der Waals surface area contributed by atoms with E-state index < -0.39 is 16.3 Å². The minimum atomic E-state index is -1.34. The van der Waals surface area contributed by atoms with Crippen LogP contribution in [0.25, 0.3) is 17.0 Å². The second-order valence-corrected chi connectivity index (χ2v) is 8.82. The quantitative estimate of drug-likeness (QED) is 0.245. The van der Waals surface area contributed by atoms with E-state index in [0.29, 0.717) is 35.7 Å². The summed E-state index contributed by atoms with van der Waals surface area (Å²) in [5.41, 5.74) is 3.42. The molecule has 6 rings (SSSR count). The zero-order valence-electron chi connectivity index (χ0n) is 18.2. The predicted octanol–water partition coefficient (Wildman–Crippen LogP) is 2.96. The van der Waals surface area contributed by atoms with E-state index in [9.17, 15) is 9.18 Å². The van der Waals surface area contributed by atoms with Crippen LogP contribution >= 0.6 is 22.6 Å². The van der Waals surface area contributed by atoms with Crippen LogP contribution in [0.2, 0.25) is 0 Å². The molecule has 0 aliphatic carbocycles. The molecule has 35 heavy (non-hydrogen) atoms. The molecule has 1 N–H and O–H groups in total. The first-order valence-electron chi connectivity index (χ1n) is 10.5. The number of fused-ring (bicyclic) bond motifs is 2. The highest BCUT2D eigenvalue weighted by molar-refractivity contribution is 14.1. The van der Waals surface area contributed by atoms with Crippen molar-refractivity contribution in [1.29, 1.82) is 0 Å². The molecule has 5 aromatic rings. The molecule has 0 bridgehead atoms. The number of H-pyrrole nitrogens is 1. The van der Waals surface area contributed by atoms with Gasteiger partial charge in [0.25, 0.3) is 5.89 Å². The molecule has 1 amide bonds. The molecule has 1 aliphatic heterocycles. The van der Waals surface area contributed by atoms with Gasteiger partial charge in [-0.05, 0) is 40.8 Å². The van der Waals surface area contributed by atoms with Crippen LogP contribution in [-0.4, -0.2) is 64.0 Å². The summed E-state index contributed by atoms with van der Waals surface area (Å²) in [5.74, 6) is 0.0786. The number of nitrogens with one attached hydrogen (secondary N) is 1. The molecule has 0 radical (unpaired) electrons. The maximum atomic E-state index is 13.6. The van der Waals surface area contributed by atoms with E-state index in [1.54, 1.807) is 45.4 Å². The number of hydrogen-bond donors (Lipinski definition) is 1. The minimum Gasteiger partial charge on any atom is -0.494 e. The molecule has 178 valence electrons. The fraction of sp³-hybridized carbons (Fsp3) is 0.238. The summed E-state index contributed by atoms with van der Waals surface area (Å²) in [6.45, 7) is 0.387. The molecular formula is C21H17FIN9O3. The van der Waals surface area contributed by atoms with Crippen molar-refractivity contribution in [3.63, 3.8) is 0 Å². The second-order valence-electron chi connectivity index (χ2n) is 7.79. The molecular weight excluding hydrogens is 572 g/mol. The largest absolute Gasteiger partial charge is 0.494 e. The van der Waals surface area contributed by atoms with E-state index >= 15 is 0 Å². The third kappa shape index (κ3) is 3.64. The van der Waals surface area contributed by atoms with Gasteiger partial charge in [-0.25, -0.2) is 18.6 Å². The number of ether oxygens (including phenoxy) is 1. The van der Waals surface area contributed by atoms with Gasteiger partial charge in [-0.1, -0.05) is 0 Å². The number of halogens is 2. The second kappa shape index (κ2) is 8.44. The Morgan fingerprint density at radius 1 is 1.40 bits per heavy atom. The van der Waals surface area contributed by atoms with Crippen molar-refractivity contribution in [2.24, 2.45) is 0 Å². The lowest BCUT2D eigenvalue weighted by atomic mass is 9.99. The SMILES string of the molecule is COc1cccn2nc([C@@H]3c4nc[nH]c4CCN3C(=O)c3nnc(-c4cnn(C(F)I)c4)o3)cc12. The lowest BCUT2D eigenvalue weighted by molar-refractivity contribution is 0.0646. The molecule has 0 fully saturated rings. The van der Waals surface area contributed by atoms with E-state index in [2.05, 4.69) is 25.3 Å². The average molecular weight is 589 g/mol. The van der Waals surface area contributed by atoms with Crippen LogP contribution in [0.15, 0.2) is 47.5 Å². The Morgan fingerprint density at radius 2 is 2.29 bits per heavy atom. The van der Waals surface area contributed by atoms with Gasteiger partial charge in [0.2, 0.25) is 4.30 Å². The number of nitrogens with zero attached hydrogens (tertiary/aromatic N) is 8. The highest BCUT2D eigenvalue weighted by Gasteiger charge is 2.38. The summed E-state index contributed by atoms with van der Waals surface area (Å²) >= 11 is 1.59. The number of aromatic amines is 1. The summed E-state index contributed by atoms with van der Waals surface area (Å²) in [6.07, 6.45) is 6.83. The molecule has 1 aliphatic rings. The Bertz CT molecular complexity index is 1540. The van der Waals surface area contributed by atoms with Gasteiger partial charge < -0.3 is 19.0 Å². The zero-order chi connectivity index (χ0) is 24.1. The van der Waals surface area contributed by atoms with Crippen molar-refractivity contribution >= 4 is 34.0 Å². The van der Waals surface area contributed by atoms with Crippen LogP contribution in [0, 0.1) is 0 Å². The maximum absolute atomic E-state index is 13.6. The Kier molecular flexibility index (Phi) is 5.23. The van der Waals surface area contributed by atoms with Gasteiger partial charge in [0, 0.05) is 31.1 Å². The Hall–Kier alpha value is -3.82. The first kappa shape index (κ1) is 21.7. The fourth-order valence-electron chi connectivity index (χ4n) is 4.21. The summed E-state index contributed by atoms with van der Waals surface area (Å²) in [7, 11) is 1.59. The molecule has 12 nitrogen and oxygen atoms in total. The molecule has 5 aromatic heterocycles. The molecule has 14 heteroatoms. The van der Waals surface area contributed by atoms with Crippen molar-refractivity contribution in [2.75, 3.05) is 13.7 Å². The van der Waals surface area contributed by atoms with Crippen LogP contribution < -0.4 is 4.74 Å². The van der Waals surface area contributed by atoms with Crippen LogP contribution in [0.4, 0.5) is 4.39 Å². The van der Waals surface area contributed by atoms with E-state index in [1.807, 2.05) is 24.4 Å². The Labute approximate surface area is 210 Å². The van der Waals surface area contributed by atoms with E-state index in [1.165, 1.54) is 12.4 Å². The maximum Gasteiger partial charge on any atom is 0.312 e. The fourth-order valence-corrected chi connectivity index (χ4v) is 4.52. The number of rotatable bonds is 5. The van der Waals surface area contributed by atoms with Crippen LogP contribution in [0.3, 0.4) is 0 Å². The van der Waals surface area contributed by atoms with Crippen LogP contribution in [0.5, 0.6) is 5.75 Å². The molecule has 0 aromatic carbocycles. The number of pyridine rings is 1. The Morgan fingerprint density at radius 3 is 3.09 bits per heavy atom. The number of amides is 1. The third-order valence-corrected chi connectivity index (χ3v) is 6.39. The van der Waals surface area contributed by atoms with Gasteiger partial charge in [-0.3, -0.25) is 4.79 Å². The summed E-state index contributed by atoms with van der Waals surface area (Å²) in [5, 5.41) is 16.5. The van der Waals surface area contributed by atoms with Gasteiger partial charge in [-0.15, -0.1) is 10.2 Å². The highest BCUT2D eigenvalue weighted by atomic mass is 127. The summed E-state index contributed by atoms with van der Waals surface area (Å²) < 4.78 is 26.1. The number of hydrogen-bond acceptors (Lipinski definition) is 8. The van der Waals surface area contributed by atoms with E-state index in [-0.39, 0.29) is 11.8 Å². The van der Waals surface area contributed by atoms with E-state index in [4.69, 9.17) is 14.3 Å². The number of methoxy groups -OCH3 is 1. The normalized spacial score (nSPS) is 16.4. The van der Waals surface area contributed by atoms with Crippen molar-refractivity contribution < 1.29 is 18.3 Å². The predicted molar refractivity (Wildman–Crippen MR) is 127 cm³/mol. The number of aromatic nitrogens is 8. The van der Waals surface area contributed by atoms with Gasteiger partial charge >= 0.3 is 11.8 Å². The first-order valence-corrected chi connectivity index (χ1v) is 11.8. The number of imidazole rings is 1. The van der Waals surface area contributed by atoms with Crippen LogP contribution in [0.1, 0.15) is 38.1 Å². The van der Waals surface area contributed by atoms with Crippen LogP contribution in [-0.2, 0) is 6.42 Å². The first-order chi connectivity index (χ1) is 17.0. The minimum absolute atomic E-state index is 0.0723. The Balaban J connectivity index is 1.38. The van der Waals surface area contributed by atoms with E-state index in [0.717, 1.165) is 15.9 Å². The molecule has 0 spiro atoms. The standard InChI is InChI=1S/C21H17FIN9O3/c1-34-15-3-2-5-31-14(15)7-13(29-31)17-16-12(24-10-25-16)4-6-30(17)20(33)19-28-27-18(35-19)11-8-26-32(9-11)21(22)23/h2-3,5,7-10,17,21H,4,6H2,1H3,(H,24,25)/t17-,21?/m1/s1. The average Bonchev–Trinajstić information content (AvgIpc) is 3.67. The monoisotopic (exact) mass is 589 g/mol. The molecule has 0 saturated carbocycles. The number of carbonyl (C=O) groups is 1. The molecule has 0 saturated heterocycles. The van der Waals surface area contributed by atoms with Crippen molar-refractivity contribution in [3.05, 3.63) is 66.1 Å². The smallest absolute Gasteiger partial charge is 0.312 e. The van der Waals surface area contributed by atoms with Crippen molar-refractivity contribution in [1.82, 2.24) is 44.5 Å². The zero-order valence-corrected chi connectivity index (χ0v) is 20.3. The number of alkyl halides is 2. The summed E-state index contributed by atoms with van der Waals surface area (Å²) in [6, 6.07) is 4.97. The topological polar surface area (TPSA) is 132 Å². The van der Waals surface area contributed by atoms with Gasteiger partial charge in [0.1, 0.15) is 17.3 Å². The number of carbonyl (C=O) groups excluding carboxylic acids is 1.